The largest absolute Gasteiger partial charge is 0.497 e. The average Bonchev–Trinajstić information content (AvgIpc) is 3.30. The third kappa shape index (κ3) is 5.12. The highest BCUT2D eigenvalue weighted by Gasteiger charge is 2.32. The third-order valence-electron chi connectivity index (χ3n) is 5.40. The Morgan fingerprint density at radius 2 is 1.90 bits per heavy atom. The van der Waals surface area contributed by atoms with Crippen LogP contribution in [-0.2, 0) is 11.3 Å². The Morgan fingerprint density at radius 3 is 2.65 bits per heavy atom. The van der Waals surface area contributed by atoms with Crippen LogP contribution in [0.25, 0.3) is 0 Å². The summed E-state index contributed by atoms with van der Waals surface area (Å²) in [7, 11) is 1.64. The molecule has 1 amide bonds. The van der Waals surface area contributed by atoms with Gasteiger partial charge in [0.15, 0.2) is 0 Å². The fraction of sp³-hybridized carbons (Fsp3) is 0.292. The van der Waals surface area contributed by atoms with Crippen molar-refractivity contribution in [2.75, 3.05) is 23.9 Å². The first-order chi connectivity index (χ1) is 15.1. The second kappa shape index (κ2) is 9.47. The molecular weight excluding hydrogens is 390 g/mol. The van der Waals surface area contributed by atoms with Gasteiger partial charge in [0.05, 0.1) is 7.11 Å². The highest BCUT2D eigenvalue weighted by molar-refractivity contribution is 5.85. The van der Waals surface area contributed by atoms with Gasteiger partial charge in [-0.3, -0.25) is 4.79 Å². The lowest BCUT2D eigenvalue weighted by molar-refractivity contribution is -0.122. The minimum absolute atomic E-state index is 0.00573. The molecule has 4 rings (SSSR count). The molecule has 7 heteroatoms. The highest BCUT2D eigenvalue weighted by atomic mass is 16.5. The van der Waals surface area contributed by atoms with Crippen LogP contribution in [-0.4, -0.2) is 35.6 Å². The molecule has 0 radical (unpaired) electrons. The molecule has 1 fully saturated rings. The van der Waals surface area contributed by atoms with Crippen molar-refractivity contribution in [2.24, 2.45) is 0 Å². The van der Waals surface area contributed by atoms with E-state index in [4.69, 9.17) is 4.74 Å². The minimum atomic E-state index is -0.270. The van der Waals surface area contributed by atoms with Gasteiger partial charge in [-0.15, -0.1) is 0 Å². The van der Waals surface area contributed by atoms with Crippen molar-refractivity contribution < 1.29 is 9.53 Å². The number of nitrogens with one attached hydrogen (secondary N) is 2. The Balaban J connectivity index is 1.41. The average molecular weight is 418 g/mol. The second-order valence-electron chi connectivity index (χ2n) is 7.65. The molecule has 0 aliphatic carbocycles. The molecule has 2 N–H and O–H groups in total. The summed E-state index contributed by atoms with van der Waals surface area (Å²) in [6.45, 7) is 3.29. The molecule has 1 aliphatic heterocycles. The van der Waals surface area contributed by atoms with Gasteiger partial charge in [0.25, 0.3) is 0 Å². The van der Waals surface area contributed by atoms with E-state index in [-0.39, 0.29) is 11.9 Å². The molecular formula is C24H27N5O2. The molecule has 2 aromatic carbocycles. The van der Waals surface area contributed by atoms with E-state index in [1.165, 1.54) is 5.56 Å². The van der Waals surface area contributed by atoms with Crippen LogP contribution in [0.15, 0.2) is 60.8 Å². The van der Waals surface area contributed by atoms with Crippen molar-refractivity contribution in [3.63, 3.8) is 0 Å². The van der Waals surface area contributed by atoms with Crippen molar-refractivity contribution in [2.45, 2.75) is 32.4 Å². The van der Waals surface area contributed by atoms with Gasteiger partial charge in [0, 0.05) is 25.0 Å². The minimum Gasteiger partial charge on any atom is -0.497 e. The fourth-order valence-corrected chi connectivity index (χ4v) is 3.67. The van der Waals surface area contributed by atoms with Crippen LogP contribution in [0, 0.1) is 6.92 Å². The lowest BCUT2D eigenvalue weighted by atomic mass is 10.2. The standard InChI is InChI=1S/C24H27N5O2/c1-17-5-9-19(10-6-17)27-22-13-14-25-24(28-22)29-15-3-4-21(29)23(30)26-16-18-7-11-20(31-2)12-8-18/h5-14,21H,3-4,15-16H2,1-2H3,(H,26,30)(H,25,27,28). The predicted molar refractivity (Wildman–Crippen MR) is 122 cm³/mol. The van der Waals surface area contributed by atoms with E-state index in [2.05, 4.69) is 27.5 Å². The molecule has 0 saturated carbocycles. The Bertz CT molecular complexity index is 1020. The first-order valence-electron chi connectivity index (χ1n) is 10.5. The number of hydrogen-bond donors (Lipinski definition) is 2. The normalized spacial score (nSPS) is 15.5. The quantitative estimate of drug-likeness (QED) is 0.608. The number of hydrogen-bond acceptors (Lipinski definition) is 6. The molecule has 2 heterocycles. The second-order valence-corrected chi connectivity index (χ2v) is 7.65. The molecule has 3 aromatic rings. The van der Waals surface area contributed by atoms with E-state index < -0.39 is 0 Å². The number of benzene rings is 2. The number of nitrogens with zero attached hydrogens (tertiary/aromatic N) is 3. The maximum atomic E-state index is 12.9. The number of carbonyl (C=O) groups is 1. The Morgan fingerprint density at radius 1 is 1.13 bits per heavy atom. The van der Waals surface area contributed by atoms with Crippen molar-refractivity contribution in [3.05, 3.63) is 71.9 Å². The van der Waals surface area contributed by atoms with Gasteiger partial charge in [-0.05, 0) is 55.7 Å². The van der Waals surface area contributed by atoms with E-state index in [1.54, 1.807) is 13.3 Å². The zero-order chi connectivity index (χ0) is 21.6. The Hall–Kier alpha value is -3.61. The van der Waals surface area contributed by atoms with Crippen LogP contribution in [0.2, 0.25) is 0 Å². The number of methoxy groups -OCH3 is 1. The SMILES string of the molecule is COc1ccc(CNC(=O)C2CCCN2c2nccc(Nc3ccc(C)cc3)n2)cc1. The van der Waals surface area contributed by atoms with Crippen molar-refractivity contribution in [1.29, 1.82) is 0 Å². The highest BCUT2D eigenvalue weighted by Crippen LogP contribution is 2.24. The Labute approximate surface area is 182 Å². The maximum Gasteiger partial charge on any atom is 0.243 e. The van der Waals surface area contributed by atoms with Crippen LogP contribution < -0.4 is 20.3 Å². The summed E-state index contributed by atoms with van der Waals surface area (Å²) in [6, 6.07) is 17.4. The fourth-order valence-electron chi connectivity index (χ4n) is 3.67. The van der Waals surface area contributed by atoms with Crippen LogP contribution in [0.5, 0.6) is 5.75 Å². The number of anilines is 3. The number of carbonyl (C=O) groups excluding carboxylic acids is 1. The monoisotopic (exact) mass is 417 g/mol. The smallest absolute Gasteiger partial charge is 0.243 e. The van der Waals surface area contributed by atoms with E-state index in [0.29, 0.717) is 18.3 Å². The molecule has 1 atom stereocenters. The van der Waals surface area contributed by atoms with E-state index in [1.807, 2.05) is 59.5 Å². The van der Waals surface area contributed by atoms with Gasteiger partial charge in [0.2, 0.25) is 11.9 Å². The number of rotatable bonds is 7. The first kappa shape index (κ1) is 20.7. The van der Waals surface area contributed by atoms with E-state index >= 15 is 0 Å². The summed E-state index contributed by atoms with van der Waals surface area (Å²) in [5.41, 5.74) is 3.19. The number of aromatic nitrogens is 2. The third-order valence-corrected chi connectivity index (χ3v) is 5.40. The summed E-state index contributed by atoms with van der Waals surface area (Å²) >= 11 is 0. The number of ether oxygens (including phenoxy) is 1. The van der Waals surface area contributed by atoms with Gasteiger partial charge in [-0.25, -0.2) is 4.98 Å². The molecule has 0 spiro atoms. The predicted octanol–water partition coefficient (Wildman–Crippen LogP) is 3.82. The van der Waals surface area contributed by atoms with Gasteiger partial charge >= 0.3 is 0 Å². The van der Waals surface area contributed by atoms with Crippen LogP contribution >= 0.6 is 0 Å². The molecule has 31 heavy (non-hydrogen) atoms. The van der Waals surface area contributed by atoms with E-state index in [0.717, 1.165) is 36.4 Å². The van der Waals surface area contributed by atoms with Crippen molar-refractivity contribution in [3.8, 4) is 5.75 Å². The summed E-state index contributed by atoms with van der Waals surface area (Å²) < 4.78 is 5.18. The van der Waals surface area contributed by atoms with Crippen molar-refractivity contribution >= 4 is 23.4 Å². The summed E-state index contributed by atoms with van der Waals surface area (Å²) in [6.07, 6.45) is 3.44. The molecule has 1 aliphatic rings. The molecule has 1 unspecified atom stereocenters. The maximum absolute atomic E-state index is 12.9. The Kier molecular flexibility index (Phi) is 6.31. The van der Waals surface area contributed by atoms with Gasteiger partial charge in [-0.1, -0.05) is 29.8 Å². The zero-order valence-electron chi connectivity index (χ0n) is 17.8. The molecule has 160 valence electrons. The first-order valence-corrected chi connectivity index (χ1v) is 10.5. The molecule has 1 saturated heterocycles. The van der Waals surface area contributed by atoms with E-state index in [9.17, 15) is 4.79 Å². The van der Waals surface area contributed by atoms with Crippen LogP contribution in [0.4, 0.5) is 17.5 Å². The number of amides is 1. The summed E-state index contributed by atoms with van der Waals surface area (Å²) in [5.74, 6) is 2.07. The summed E-state index contributed by atoms with van der Waals surface area (Å²) in [4.78, 5) is 24.0. The lowest BCUT2D eigenvalue weighted by Gasteiger charge is -2.24. The van der Waals surface area contributed by atoms with Crippen LogP contribution in [0.1, 0.15) is 24.0 Å². The topological polar surface area (TPSA) is 79.4 Å². The number of aryl methyl sites for hydroxylation is 1. The molecule has 1 aromatic heterocycles. The van der Waals surface area contributed by atoms with Crippen molar-refractivity contribution in [1.82, 2.24) is 15.3 Å². The summed E-state index contributed by atoms with van der Waals surface area (Å²) in [5, 5.41) is 6.35. The zero-order valence-corrected chi connectivity index (χ0v) is 17.8. The molecule has 0 bridgehead atoms. The van der Waals surface area contributed by atoms with Gasteiger partial charge < -0.3 is 20.3 Å². The van der Waals surface area contributed by atoms with Gasteiger partial charge in [0.1, 0.15) is 17.6 Å². The lowest BCUT2D eigenvalue weighted by Crippen LogP contribution is -2.43. The van der Waals surface area contributed by atoms with Crippen LogP contribution in [0.3, 0.4) is 0 Å². The van der Waals surface area contributed by atoms with Gasteiger partial charge in [-0.2, -0.15) is 4.98 Å². The molecule has 7 nitrogen and oxygen atoms in total.